The first kappa shape index (κ1) is 11.3. The lowest BCUT2D eigenvalue weighted by molar-refractivity contribution is 0.0690. The summed E-state index contributed by atoms with van der Waals surface area (Å²) in [5.74, 6) is -1.06. The van der Waals surface area contributed by atoms with E-state index < -0.39 is 5.97 Å². The summed E-state index contributed by atoms with van der Waals surface area (Å²) >= 11 is 0. The second-order valence-electron chi connectivity index (χ2n) is 4.10. The molecule has 2 rings (SSSR count). The van der Waals surface area contributed by atoms with Crippen molar-refractivity contribution < 1.29 is 9.90 Å². The van der Waals surface area contributed by atoms with Gasteiger partial charge >= 0.3 is 5.97 Å². The molecule has 17 heavy (non-hydrogen) atoms. The fourth-order valence-corrected chi connectivity index (χ4v) is 1.82. The average molecular weight is 231 g/mol. The molecule has 0 bridgehead atoms. The number of aryl methyl sites for hydroxylation is 2. The molecule has 0 spiro atoms. The molecule has 5 nitrogen and oxygen atoms in total. The minimum Gasteiger partial charge on any atom is -0.476 e. The second kappa shape index (κ2) is 4.37. The van der Waals surface area contributed by atoms with Crippen LogP contribution in [0.3, 0.4) is 0 Å². The summed E-state index contributed by atoms with van der Waals surface area (Å²) in [5.41, 5.74) is 3.41. The summed E-state index contributed by atoms with van der Waals surface area (Å²) in [6, 6.07) is 6.19. The molecule has 88 valence electrons. The summed E-state index contributed by atoms with van der Waals surface area (Å²) in [6.45, 7) is 4.59. The minimum atomic E-state index is -1.06. The molecule has 0 amide bonds. The van der Waals surface area contributed by atoms with Gasteiger partial charge in [-0.3, -0.25) is 0 Å². The predicted molar refractivity (Wildman–Crippen MR) is 62.0 cm³/mol. The Kier molecular flexibility index (Phi) is 2.91. The molecule has 0 unspecified atom stereocenters. The van der Waals surface area contributed by atoms with E-state index in [9.17, 15) is 4.79 Å². The summed E-state index contributed by atoms with van der Waals surface area (Å²) in [5, 5.41) is 16.1. The predicted octanol–water partition coefficient (Wildman–Crippen LogP) is 1.64. The van der Waals surface area contributed by atoms with E-state index in [1.54, 1.807) is 0 Å². The molecule has 0 saturated carbocycles. The normalized spacial score (nSPS) is 10.5. The van der Waals surface area contributed by atoms with Crippen molar-refractivity contribution in [2.75, 3.05) is 0 Å². The Balaban J connectivity index is 2.22. The van der Waals surface area contributed by atoms with Gasteiger partial charge in [0.2, 0.25) is 0 Å². The fraction of sp³-hybridized carbons (Fsp3) is 0.250. The van der Waals surface area contributed by atoms with Crippen molar-refractivity contribution in [3.05, 3.63) is 46.8 Å². The van der Waals surface area contributed by atoms with Crippen LogP contribution in [0.15, 0.2) is 24.4 Å². The molecule has 0 radical (unpaired) electrons. The smallest absolute Gasteiger partial charge is 0.358 e. The molecule has 1 aromatic heterocycles. The number of aromatic nitrogens is 3. The van der Waals surface area contributed by atoms with Gasteiger partial charge in [0.05, 0.1) is 12.7 Å². The zero-order valence-corrected chi connectivity index (χ0v) is 9.71. The number of carboxylic acids is 1. The second-order valence-corrected chi connectivity index (χ2v) is 4.10. The molecular formula is C12H13N3O2. The van der Waals surface area contributed by atoms with Crippen LogP contribution < -0.4 is 0 Å². The Bertz CT molecular complexity index is 540. The number of benzene rings is 1. The molecular weight excluding hydrogens is 218 g/mol. The molecule has 0 aliphatic heterocycles. The molecule has 1 N–H and O–H groups in total. The maximum absolute atomic E-state index is 10.7. The highest BCUT2D eigenvalue weighted by molar-refractivity contribution is 5.84. The number of carboxylic acid groups (broad SMARTS) is 1. The van der Waals surface area contributed by atoms with Crippen molar-refractivity contribution in [3.8, 4) is 0 Å². The molecule has 0 atom stereocenters. The maximum Gasteiger partial charge on any atom is 0.358 e. The zero-order valence-electron chi connectivity index (χ0n) is 9.71. The first-order chi connectivity index (χ1) is 8.04. The summed E-state index contributed by atoms with van der Waals surface area (Å²) in [4.78, 5) is 10.7. The van der Waals surface area contributed by atoms with Crippen molar-refractivity contribution in [1.29, 1.82) is 0 Å². The van der Waals surface area contributed by atoms with E-state index in [4.69, 9.17) is 5.11 Å². The third kappa shape index (κ3) is 2.69. The highest BCUT2D eigenvalue weighted by atomic mass is 16.4. The van der Waals surface area contributed by atoms with Gasteiger partial charge in [0, 0.05) is 0 Å². The number of hydrogen-bond donors (Lipinski definition) is 1. The third-order valence-electron chi connectivity index (χ3n) is 2.38. The van der Waals surface area contributed by atoms with Crippen LogP contribution in [-0.4, -0.2) is 26.1 Å². The van der Waals surface area contributed by atoms with Crippen LogP contribution in [0.5, 0.6) is 0 Å². The van der Waals surface area contributed by atoms with Crippen molar-refractivity contribution >= 4 is 5.97 Å². The van der Waals surface area contributed by atoms with Gasteiger partial charge in [-0.2, -0.15) is 0 Å². The topological polar surface area (TPSA) is 68.0 Å². The molecule has 0 fully saturated rings. The minimum absolute atomic E-state index is 0.0330. The molecule has 2 aromatic rings. The van der Waals surface area contributed by atoms with Crippen LogP contribution in [0.2, 0.25) is 0 Å². The molecule has 5 heteroatoms. The van der Waals surface area contributed by atoms with Crippen molar-refractivity contribution in [1.82, 2.24) is 15.0 Å². The molecule has 0 aliphatic carbocycles. The fourth-order valence-electron chi connectivity index (χ4n) is 1.82. The lowest BCUT2D eigenvalue weighted by atomic mass is 10.1. The van der Waals surface area contributed by atoms with Gasteiger partial charge < -0.3 is 5.11 Å². The Hall–Kier alpha value is -2.17. The van der Waals surface area contributed by atoms with Crippen molar-refractivity contribution in [3.63, 3.8) is 0 Å². The van der Waals surface area contributed by atoms with Crippen LogP contribution in [0.25, 0.3) is 0 Å². The largest absolute Gasteiger partial charge is 0.476 e. The van der Waals surface area contributed by atoms with Crippen LogP contribution in [0.1, 0.15) is 27.2 Å². The monoisotopic (exact) mass is 231 g/mol. The number of rotatable bonds is 3. The molecule has 0 aliphatic rings. The first-order valence-corrected chi connectivity index (χ1v) is 5.25. The van der Waals surface area contributed by atoms with Gasteiger partial charge in [-0.15, -0.1) is 5.10 Å². The van der Waals surface area contributed by atoms with Crippen LogP contribution in [0, 0.1) is 13.8 Å². The third-order valence-corrected chi connectivity index (χ3v) is 2.38. The number of carbonyl (C=O) groups is 1. The molecule has 1 aromatic carbocycles. The highest BCUT2D eigenvalue weighted by Gasteiger charge is 2.08. The molecule has 0 saturated heterocycles. The van der Waals surface area contributed by atoms with Crippen LogP contribution >= 0.6 is 0 Å². The van der Waals surface area contributed by atoms with Gasteiger partial charge in [0.15, 0.2) is 5.69 Å². The standard InChI is InChI=1S/C12H13N3O2/c1-8-3-9(2)5-10(4-8)6-15-7-11(12(16)17)13-14-15/h3-5,7H,6H2,1-2H3,(H,16,17). The average Bonchev–Trinajstić information content (AvgIpc) is 2.64. The number of nitrogens with zero attached hydrogens (tertiary/aromatic N) is 3. The maximum atomic E-state index is 10.7. The first-order valence-electron chi connectivity index (χ1n) is 5.25. The lowest BCUT2D eigenvalue weighted by Crippen LogP contribution is -2.01. The van der Waals surface area contributed by atoms with E-state index in [-0.39, 0.29) is 5.69 Å². The van der Waals surface area contributed by atoms with E-state index in [0.717, 1.165) is 5.56 Å². The van der Waals surface area contributed by atoms with E-state index in [2.05, 4.69) is 28.5 Å². The van der Waals surface area contributed by atoms with Crippen molar-refractivity contribution in [2.24, 2.45) is 0 Å². The van der Waals surface area contributed by atoms with Gasteiger partial charge in [-0.25, -0.2) is 9.48 Å². The van der Waals surface area contributed by atoms with E-state index in [1.165, 1.54) is 22.0 Å². The van der Waals surface area contributed by atoms with Gasteiger partial charge in [-0.05, 0) is 19.4 Å². The zero-order chi connectivity index (χ0) is 12.4. The Morgan fingerprint density at radius 1 is 1.29 bits per heavy atom. The van der Waals surface area contributed by atoms with Gasteiger partial charge in [-0.1, -0.05) is 34.5 Å². The number of hydrogen-bond acceptors (Lipinski definition) is 3. The van der Waals surface area contributed by atoms with Crippen LogP contribution in [-0.2, 0) is 6.54 Å². The van der Waals surface area contributed by atoms with Crippen molar-refractivity contribution in [2.45, 2.75) is 20.4 Å². The highest BCUT2D eigenvalue weighted by Crippen LogP contribution is 2.10. The van der Waals surface area contributed by atoms with Crippen LogP contribution in [0.4, 0.5) is 0 Å². The lowest BCUT2D eigenvalue weighted by Gasteiger charge is -2.04. The Labute approximate surface area is 98.7 Å². The summed E-state index contributed by atoms with van der Waals surface area (Å²) in [6.07, 6.45) is 1.43. The summed E-state index contributed by atoms with van der Waals surface area (Å²) in [7, 11) is 0. The Morgan fingerprint density at radius 2 is 1.94 bits per heavy atom. The van der Waals surface area contributed by atoms with E-state index >= 15 is 0 Å². The Morgan fingerprint density at radius 3 is 2.47 bits per heavy atom. The SMILES string of the molecule is Cc1cc(C)cc(Cn2cc(C(=O)O)nn2)c1. The molecule has 1 heterocycles. The summed E-state index contributed by atoms with van der Waals surface area (Å²) < 4.78 is 1.53. The quantitative estimate of drug-likeness (QED) is 0.871. The van der Waals surface area contributed by atoms with Gasteiger partial charge in [0.25, 0.3) is 0 Å². The van der Waals surface area contributed by atoms with E-state index in [0.29, 0.717) is 6.54 Å². The van der Waals surface area contributed by atoms with Gasteiger partial charge in [0.1, 0.15) is 0 Å². The number of aromatic carboxylic acids is 1. The van der Waals surface area contributed by atoms with E-state index in [1.807, 2.05) is 13.8 Å².